The Morgan fingerprint density at radius 3 is 2.80 bits per heavy atom. The van der Waals surface area contributed by atoms with Crippen molar-refractivity contribution in [2.75, 3.05) is 5.32 Å². The second-order valence-electron chi connectivity index (χ2n) is 4.63. The van der Waals surface area contributed by atoms with Crippen LogP contribution in [0.1, 0.15) is 15.9 Å². The second kappa shape index (κ2) is 4.98. The highest BCUT2D eigenvalue weighted by Crippen LogP contribution is 2.24. The van der Waals surface area contributed by atoms with Gasteiger partial charge in [-0.05, 0) is 65.7 Å². The number of phenols is 1. The molecule has 1 amide bonds. The van der Waals surface area contributed by atoms with Gasteiger partial charge in [0.05, 0.1) is 0 Å². The molecule has 0 saturated heterocycles. The van der Waals surface area contributed by atoms with Crippen molar-refractivity contribution in [3.8, 4) is 5.75 Å². The number of aryl methyl sites for hydroxylation is 1. The van der Waals surface area contributed by atoms with E-state index in [-0.39, 0.29) is 11.7 Å². The van der Waals surface area contributed by atoms with Crippen LogP contribution in [0.25, 0.3) is 10.1 Å². The van der Waals surface area contributed by atoms with Crippen LogP contribution in [0.5, 0.6) is 5.75 Å². The van der Waals surface area contributed by atoms with Crippen LogP contribution in [-0.2, 0) is 0 Å². The SMILES string of the molecule is Cc1cc(C(=O)Nc2ccc3sccc3c2)ccc1O. The molecule has 100 valence electrons. The lowest BCUT2D eigenvalue weighted by molar-refractivity contribution is 0.102. The van der Waals surface area contributed by atoms with Crippen LogP contribution in [0, 0.1) is 6.92 Å². The van der Waals surface area contributed by atoms with Gasteiger partial charge in [0, 0.05) is 16.0 Å². The summed E-state index contributed by atoms with van der Waals surface area (Å²) in [5.74, 6) is 0.0175. The topological polar surface area (TPSA) is 49.3 Å². The summed E-state index contributed by atoms with van der Waals surface area (Å²) in [5, 5.41) is 15.5. The summed E-state index contributed by atoms with van der Waals surface area (Å²) in [4.78, 5) is 12.2. The number of amides is 1. The zero-order chi connectivity index (χ0) is 14.1. The van der Waals surface area contributed by atoms with E-state index in [1.165, 1.54) is 10.8 Å². The number of thiophene rings is 1. The highest BCUT2D eigenvalue weighted by molar-refractivity contribution is 7.17. The molecule has 3 aromatic rings. The molecule has 0 bridgehead atoms. The third-order valence-electron chi connectivity index (χ3n) is 3.17. The maximum Gasteiger partial charge on any atom is 0.255 e. The van der Waals surface area contributed by atoms with Gasteiger partial charge in [-0.25, -0.2) is 0 Å². The number of anilines is 1. The van der Waals surface area contributed by atoms with Crippen molar-refractivity contribution in [2.24, 2.45) is 0 Å². The Kier molecular flexibility index (Phi) is 3.16. The molecule has 1 aromatic heterocycles. The Labute approximate surface area is 120 Å². The van der Waals surface area contributed by atoms with E-state index in [0.717, 1.165) is 11.1 Å². The third-order valence-corrected chi connectivity index (χ3v) is 4.07. The Bertz CT molecular complexity index is 792. The molecule has 0 atom stereocenters. The summed E-state index contributed by atoms with van der Waals surface area (Å²) < 4.78 is 1.20. The lowest BCUT2D eigenvalue weighted by Gasteiger charge is -2.07. The first-order chi connectivity index (χ1) is 9.63. The third kappa shape index (κ3) is 2.38. The quantitative estimate of drug-likeness (QED) is 0.741. The van der Waals surface area contributed by atoms with Gasteiger partial charge in [-0.3, -0.25) is 4.79 Å². The van der Waals surface area contributed by atoms with Gasteiger partial charge in [0.15, 0.2) is 0 Å². The van der Waals surface area contributed by atoms with Gasteiger partial charge in [0.1, 0.15) is 5.75 Å². The van der Waals surface area contributed by atoms with E-state index >= 15 is 0 Å². The molecule has 0 aliphatic heterocycles. The summed E-state index contributed by atoms with van der Waals surface area (Å²) in [7, 11) is 0. The molecule has 0 unspecified atom stereocenters. The van der Waals surface area contributed by atoms with Crippen molar-refractivity contribution in [1.29, 1.82) is 0 Å². The van der Waals surface area contributed by atoms with Gasteiger partial charge in [0.25, 0.3) is 5.91 Å². The predicted molar refractivity (Wildman–Crippen MR) is 82.6 cm³/mol. The van der Waals surface area contributed by atoms with Gasteiger partial charge in [-0.15, -0.1) is 11.3 Å². The van der Waals surface area contributed by atoms with Crippen molar-refractivity contribution in [3.05, 3.63) is 59.0 Å². The summed E-state index contributed by atoms with van der Waals surface area (Å²) in [6.07, 6.45) is 0. The number of carbonyl (C=O) groups excluding carboxylic acids is 1. The molecule has 0 aliphatic carbocycles. The molecule has 2 aromatic carbocycles. The minimum absolute atomic E-state index is 0.178. The molecule has 20 heavy (non-hydrogen) atoms. The van der Waals surface area contributed by atoms with E-state index in [0.29, 0.717) is 11.1 Å². The number of hydrogen-bond donors (Lipinski definition) is 2. The number of benzene rings is 2. The van der Waals surface area contributed by atoms with Gasteiger partial charge in [-0.1, -0.05) is 0 Å². The maximum absolute atomic E-state index is 12.2. The number of carbonyl (C=O) groups is 1. The van der Waals surface area contributed by atoms with Gasteiger partial charge in [-0.2, -0.15) is 0 Å². The normalized spacial score (nSPS) is 10.7. The van der Waals surface area contributed by atoms with E-state index in [2.05, 4.69) is 5.32 Å². The van der Waals surface area contributed by atoms with Crippen molar-refractivity contribution < 1.29 is 9.90 Å². The van der Waals surface area contributed by atoms with Crippen molar-refractivity contribution in [3.63, 3.8) is 0 Å². The van der Waals surface area contributed by atoms with E-state index in [1.807, 2.05) is 29.6 Å². The fourth-order valence-corrected chi connectivity index (χ4v) is 2.82. The zero-order valence-electron chi connectivity index (χ0n) is 10.9. The minimum Gasteiger partial charge on any atom is -0.508 e. The van der Waals surface area contributed by atoms with E-state index < -0.39 is 0 Å². The van der Waals surface area contributed by atoms with Gasteiger partial charge >= 0.3 is 0 Å². The van der Waals surface area contributed by atoms with Crippen molar-refractivity contribution in [1.82, 2.24) is 0 Å². The van der Waals surface area contributed by atoms with Crippen LogP contribution >= 0.6 is 11.3 Å². The van der Waals surface area contributed by atoms with Crippen molar-refractivity contribution in [2.45, 2.75) is 6.92 Å². The number of fused-ring (bicyclic) bond motifs is 1. The first-order valence-electron chi connectivity index (χ1n) is 6.22. The fourth-order valence-electron chi connectivity index (χ4n) is 2.04. The molecule has 3 rings (SSSR count). The second-order valence-corrected chi connectivity index (χ2v) is 5.58. The summed E-state index contributed by atoms with van der Waals surface area (Å²) in [5.41, 5.74) is 1.99. The highest BCUT2D eigenvalue weighted by atomic mass is 32.1. The molecule has 3 nitrogen and oxygen atoms in total. The van der Waals surface area contributed by atoms with Crippen LogP contribution in [0.15, 0.2) is 47.8 Å². The predicted octanol–water partition coefficient (Wildman–Crippen LogP) is 4.17. The number of rotatable bonds is 2. The number of phenolic OH excluding ortho intramolecular Hbond substituents is 1. The summed E-state index contributed by atoms with van der Waals surface area (Å²) >= 11 is 1.67. The first-order valence-corrected chi connectivity index (χ1v) is 7.10. The van der Waals surface area contributed by atoms with E-state index in [4.69, 9.17) is 0 Å². The fraction of sp³-hybridized carbons (Fsp3) is 0.0625. The molecule has 2 N–H and O–H groups in total. The highest BCUT2D eigenvalue weighted by Gasteiger charge is 2.08. The Morgan fingerprint density at radius 1 is 1.15 bits per heavy atom. The molecule has 0 radical (unpaired) electrons. The van der Waals surface area contributed by atoms with E-state index in [9.17, 15) is 9.90 Å². The number of nitrogens with one attached hydrogen (secondary N) is 1. The van der Waals surface area contributed by atoms with E-state index in [1.54, 1.807) is 30.4 Å². The first kappa shape index (κ1) is 12.7. The Morgan fingerprint density at radius 2 is 2.00 bits per heavy atom. The lowest BCUT2D eigenvalue weighted by Crippen LogP contribution is -2.11. The Balaban J connectivity index is 1.85. The maximum atomic E-state index is 12.2. The standard InChI is InChI=1S/C16H13NO2S/c1-10-8-12(2-4-14(10)18)16(19)17-13-3-5-15-11(9-13)6-7-20-15/h2-9,18H,1H3,(H,17,19). The van der Waals surface area contributed by atoms with Gasteiger partial charge in [0.2, 0.25) is 0 Å². The monoisotopic (exact) mass is 283 g/mol. The Hall–Kier alpha value is -2.33. The van der Waals surface area contributed by atoms with Crippen molar-refractivity contribution >= 4 is 33.0 Å². The minimum atomic E-state index is -0.178. The van der Waals surface area contributed by atoms with Crippen LogP contribution in [-0.4, -0.2) is 11.0 Å². The molecule has 0 aliphatic rings. The molecule has 0 saturated carbocycles. The molecule has 0 fully saturated rings. The molecule has 4 heteroatoms. The molecule has 1 heterocycles. The largest absolute Gasteiger partial charge is 0.508 e. The zero-order valence-corrected chi connectivity index (χ0v) is 11.7. The molecular formula is C16H13NO2S. The van der Waals surface area contributed by atoms with Crippen LogP contribution in [0.2, 0.25) is 0 Å². The van der Waals surface area contributed by atoms with Gasteiger partial charge < -0.3 is 10.4 Å². The van der Waals surface area contributed by atoms with Crippen LogP contribution in [0.4, 0.5) is 5.69 Å². The summed E-state index contributed by atoms with van der Waals surface area (Å²) in [6.45, 7) is 1.77. The summed E-state index contributed by atoms with van der Waals surface area (Å²) in [6, 6.07) is 12.7. The lowest BCUT2D eigenvalue weighted by atomic mass is 10.1. The number of hydrogen-bond acceptors (Lipinski definition) is 3. The average Bonchev–Trinajstić information content (AvgIpc) is 2.89. The average molecular weight is 283 g/mol. The molecular weight excluding hydrogens is 270 g/mol. The number of aromatic hydroxyl groups is 1. The molecule has 0 spiro atoms. The van der Waals surface area contributed by atoms with Crippen LogP contribution < -0.4 is 5.32 Å². The smallest absolute Gasteiger partial charge is 0.255 e. The van der Waals surface area contributed by atoms with Crippen LogP contribution in [0.3, 0.4) is 0 Å².